The van der Waals surface area contributed by atoms with E-state index in [2.05, 4.69) is 4.99 Å². The molecule has 1 aromatic rings. The molecule has 0 radical (unpaired) electrons. The monoisotopic (exact) mass is 284 g/mol. The van der Waals surface area contributed by atoms with Gasteiger partial charge in [-0.15, -0.1) is 0 Å². The SMILES string of the molecule is CCN(C)/C=N/c1cc(C)c(OCC(C)(F)F)cc1C. The second-order valence-electron chi connectivity index (χ2n) is 5.08. The van der Waals surface area contributed by atoms with Gasteiger partial charge in [0.25, 0.3) is 5.92 Å². The molecule has 0 amide bonds. The van der Waals surface area contributed by atoms with E-state index in [1.54, 1.807) is 12.4 Å². The van der Waals surface area contributed by atoms with Crippen molar-refractivity contribution >= 4 is 12.0 Å². The number of hydrogen-bond donors (Lipinski definition) is 0. The maximum absolute atomic E-state index is 12.8. The molecular weight excluding hydrogens is 262 g/mol. The fraction of sp³-hybridized carbons (Fsp3) is 0.533. The molecule has 0 bridgehead atoms. The lowest BCUT2D eigenvalue weighted by Crippen LogP contribution is -2.21. The topological polar surface area (TPSA) is 24.8 Å². The number of hydrogen-bond acceptors (Lipinski definition) is 2. The highest BCUT2D eigenvalue weighted by molar-refractivity contribution is 5.64. The van der Waals surface area contributed by atoms with Crippen molar-refractivity contribution in [2.45, 2.75) is 33.6 Å². The second-order valence-corrected chi connectivity index (χ2v) is 5.08. The third kappa shape index (κ3) is 5.15. The molecule has 0 saturated carbocycles. The fourth-order valence-electron chi connectivity index (χ4n) is 1.52. The molecule has 0 fully saturated rings. The Labute approximate surface area is 119 Å². The van der Waals surface area contributed by atoms with Gasteiger partial charge in [0.1, 0.15) is 5.75 Å². The molecule has 112 valence electrons. The molecule has 0 heterocycles. The predicted molar refractivity (Wildman–Crippen MR) is 78.5 cm³/mol. The average Bonchev–Trinajstić information content (AvgIpc) is 2.36. The van der Waals surface area contributed by atoms with Crippen molar-refractivity contribution in [3.63, 3.8) is 0 Å². The third-order valence-electron chi connectivity index (χ3n) is 2.87. The highest BCUT2D eigenvalue weighted by Gasteiger charge is 2.22. The number of aliphatic imine (C=N–C) groups is 1. The Morgan fingerprint density at radius 2 is 1.95 bits per heavy atom. The van der Waals surface area contributed by atoms with Gasteiger partial charge in [0.15, 0.2) is 6.61 Å². The summed E-state index contributed by atoms with van der Waals surface area (Å²) in [6.45, 7) is 6.84. The van der Waals surface area contributed by atoms with E-state index in [0.29, 0.717) is 5.75 Å². The second kappa shape index (κ2) is 6.68. The first-order valence-corrected chi connectivity index (χ1v) is 6.59. The van der Waals surface area contributed by atoms with Crippen LogP contribution in [0.5, 0.6) is 5.75 Å². The van der Waals surface area contributed by atoms with Crippen molar-refractivity contribution in [3.05, 3.63) is 23.3 Å². The lowest BCUT2D eigenvalue weighted by molar-refractivity contribution is -0.0231. The van der Waals surface area contributed by atoms with Crippen molar-refractivity contribution in [1.82, 2.24) is 4.90 Å². The summed E-state index contributed by atoms with van der Waals surface area (Å²) in [5.41, 5.74) is 2.51. The van der Waals surface area contributed by atoms with Crippen molar-refractivity contribution in [1.29, 1.82) is 0 Å². The van der Waals surface area contributed by atoms with Gasteiger partial charge in [-0.1, -0.05) is 0 Å². The number of ether oxygens (including phenoxy) is 1. The third-order valence-corrected chi connectivity index (χ3v) is 2.87. The van der Waals surface area contributed by atoms with Crippen molar-refractivity contribution in [2.75, 3.05) is 20.2 Å². The Hall–Kier alpha value is -1.65. The number of aryl methyl sites for hydroxylation is 2. The molecule has 20 heavy (non-hydrogen) atoms. The minimum Gasteiger partial charge on any atom is -0.487 e. The number of nitrogens with zero attached hydrogens (tertiary/aromatic N) is 2. The molecule has 1 aromatic carbocycles. The first-order valence-electron chi connectivity index (χ1n) is 6.59. The van der Waals surface area contributed by atoms with Crippen LogP contribution in [0, 0.1) is 13.8 Å². The van der Waals surface area contributed by atoms with E-state index in [0.717, 1.165) is 30.3 Å². The van der Waals surface area contributed by atoms with Crippen molar-refractivity contribution in [3.8, 4) is 5.75 Å². The molecule has 1 rings (SSSR count). The van der Waals surface area contributed by atoms with Gasteiger partial charge in [-0.05, 0) is 44.0 Å². The van der Waals surface area contributed by atoms with E-state index in [1.807, 2.05) is 38.8 Å². The molecule has 0 aliphatic carbocycles. The Kier molecular flexibility index (Phi) is 5.48. The van der Waals surface area contributed by atoms with E-state index in [9.17, 15) is 8.78 Å². The van der Waals surface area contributed by atoms with Gasteiger partial charge in [-0.3, -0.25) is 0 Å². The summed E-state index contributed by atoms with van der Waals surface area (Å²) in [7, 11) is 1.94. The summed E-state index contributed by atoms with van der Waals surface area (Å²) in [5.74, 6) is -2.35. The quantitative estimate of drug-likeness (QED) is 0.583. The lowest BCUT2D eigenvalue weighted by Gasteiger charge is -2.15. The van der Waals surface area contributed by atoms with Gasteiger partial charge in [0.2, 0.25) is 0 Å². The molecule has 0 spiro atoms. The molecule has 5 heteroatoms. The molecule has 0 N–H and O–H groups in total. The van der Waals surface area contributed by atoms with E-state index in [-0.39, 0.29) is 0 Å². The standard InChI is InChI=1S/C15H22F2N2O/c1-6-19(5)10-18-13-7-12(3)14(8-11(13)2)20-9-15(4,16)17/h7-8,10H,6,9H2,1-5H3/b18-10+. The van der Waals surface area contributed by atoms with Gasteiger partial charge >= 0.3 is 0 Å². The molecule has 0 aliphatic heterocycles. The normalized spacial score (nSPS) is 11.9. The van der Waals surface area contributed by atoms with Crippen LogP contribution >= 0.6 is 0 Å². The minimum atomic E-state index is -2.83. The molecule has 0 unspecified atom stereocenters. The van der Waals surface area contributed by atoms with Crippen LogP contribution in [-0.2, 0) is 0 Å². The first-order chi connectivity index (χ1) is 9.23. The summed E-state index contributed by atoms with van der Waals surface area (Å²) in [6, 6.07) is 3.60. The van der Waals surface area contributed by atoms with E-state index >= 15 is 0 Å². The van der Waals surface area contributed by atoms with Gasteiger partial charge in [-0.25, -0.2) is 13.8 Å². The summed E-state index contributed by atoms with van der Waals surface area (Å²) >= 11 is 0. The lowest BCUT2D eigenvalue weighted by atomic mass is 10.1. The number of alkyl halides is 2. The van der Waals surface area contributed by atoms with Crippen LogP contribution in [0.4, 0.5) is 14.5 Å². The van der Waals surface area contributed by atoms with Gasteiger partial charge in [-0.2, -0.15) is 0 Å². The van der Waals surface area contributed by atoms with Gasteiger partial charge in [0.05, 0.1) is 12.0 Å². The zero-order chi connectivity index (χ0) is 15.3. The van der Waals surface area contributed by atoms with Crippen LogP contribution in [0.2, 0.25) is 0 Å². The minimum absolute atomic E-state index is 0.479. The van der Waals surface area contributed by atoms with E-state index in [1.165, 1.54) is 0 Å². The molecule has 3 nitrogen and oxygen atoms in total. The highest BCUT2D eigenvalue weighted by atomic mass is 19.3. The molecule has 0 saturated heterocycles. The smallest absolute Gasteiger partial charge is 0.278 e. The van der Waals surface area contributed by atoms with Crippen LogP contribution in [-0.4, -0.2) is 37.4 Å². The maximum atomic E-state index is 12.8. The Bertz CT molecular complexity index is 481. The van der Waals surface area contributed by atoms with Crippen LogP contribution in [0.15, 0.2) is 17.1 Å². The number of halogens is 2. The summed E-state index contributed by atoms with van der Waals surface area (Å²) in [6.07, 6.45) is 1.75. The Balaban J connectivity index is 2.89. The Morgan fingerprint density at radius 1 is 1.30 bits per heavy atom. The highest BCUT2D eigenvalue weighted by Crippen LogP contribution is 2.29. The molecule has 0 aliphatic rings. The summed E-state index contributed by atoms with van der Waals surface area (Å²) in [5, 5.41) is 0. The fourth-order valence-corrected chi connectivity index (χ4v) is 1.52. The van der Waals surface area contributed by atoms with Crippen molar-refractivity contribution < 1.29 is 13.5 Å². The van der Waals surface area contributed by atoms with Gasteiger partial charge in [0, 0.05) is 20.5 Å². The Morgan fingerprint density at radius 3 is 2.50 bits per heavy atom. The number of benzene rings is 1. The largest absolute Gasteiger partial charge is 0.487 e. The van der Waals surface area contributed by atoms with Crippen LogP contribution < -0.4 is 4.74 Å². The molecular formula is C15H22F2N2O. The zero-order valence-corrected chi connectivity index (χ0v) is 12.7. The van der Waals surface area contributed by atoms with Crippen LogP contribution in [0.25, 0.3) is 0 Å². The number of rotatable bonds is 6. The maximum Gasteiger partial charge on any atom is 0.278 e. The zero-order valence-electron chi connectivity index (χ0n) is 12.7. The van der Waals surface area contributed by atoms with Crippen LogP contribution in [0.1, 0.15) is 25.0 Å². The predicted octanol–water partition coefficient (Wildman–Crippen LogP) is 3.95. The van der Waals surface area contributed by atoms with Crippen molar-refractivity contribution in [2.24, 2.45) is 4.99 Å². The van der Waals surface area contributed by atoms with E-state index in [4.69, 9.17) is 4.74 Å². The summed E-state index contributed by atoms with van der Waals surface area (Å²) < 4.78 is 30.8. The van der Waals surface area contributed by atoms with Gasteiger partial charge < -0.3 is 9.64 Å². The first kappa shape index (κ1) is 16.4. The molecule has 0 atom stereocenters. The van der Waals surface area contributed by atoms with E-state index < -0.39 is 12.5 Å². The van der Waals surface area contributed by atoms with Crippen LogP contribution in [0.3, 0.4) is 0 Å². The molecule has 0 aromatic heterocycles. The average molecular weight is 284 g/mol. The summed E-state index contributed by atoms with van der Waals surface area (Å²) in [4.78, 5) is 6.34.